The maximum atomic E-state index is 12.7. The van der Waals surface area contributed by atoms with E-state index in [1.54, 1.807) is 34.6 Å². The third-order valence-electron chi connectivity index (χ3n) is 4.13. The van der Waals surface area contributed by atoms with Gasteiger partial charge in [-0.25, -0.2) is 0 Å². The van der Waals surface area contributed by atoms with Crippen LogP contribution in [0.1, 0.15) is 22.6 Å². The molecule has 24 heavy (non-hydrogen) atoms. The van der Waals surface area contributed by atoms with Crippen molar-refractivity contribution in [2.45, 2.75) is 19.8 Å². The number of aryl methyl sites for hydroxylation is 1. The van der Waals surface area contributed by atoms with Crippen molar-refractivity contribution in [2.24, 2.45) is 0 Å². The van der Waals surface area contributed by atoms with Gasteiger partial charge >= 0.3 is 0 Å². The van der Waals surface area contributed by atoms with Crippen LogP contribution in [-0.2, 0) is 9.59 Å². The SMILES string of the molecule is Cc1ccc(Cl)c(C)c1C1C(=O)CN(c2ccc(Cl)cc2)SC1=O. The van der Waals surface area contributed by atoms with Crippen LogP contribution in [0.25, 0.3) is 0 Å². The minimum atomic E-state index is -0.766. The van der Waals surface area contributed by atoms with Gasteiger partial charge in [0.1, 0.15) is 5.92 Å². The number of Topliss-reactive ketones (excluding diaryl/α,β-unsaturated/α-hetero) is 1. The smallest absolute Gasteiger partial charge is 0.224 e. The zero-order chi connectivity index (χ0) is 17.4. The second-order valence-electron chi connectivity index (χ2n) is 5.73. The van der Waals surface area contributed by atoms with Gasteiger partial charge in [0.25, 0.3) is 0 Å². The molecule has 0 amide bonds. The molecule has 2 aromatic rings. The summed E-state index contributed by atoms with van der Waals surface area (Å²) in [5, 5.41) is 0.998. The third kappa shape index (κ3) is 3.18. The lowest BCUT2D eigenvalue weighted by atomic mass is 9.88. The predicted octanol–water partition coefficient (Wildman–Crippen LogP) is 4.96. The van der Waals surface area contributed by atoms with E-state index in [2.05, 4.69) is 0 Å². The molecule has 0 aromatic heterocycles. The Morgan fingerprint density at radius 1 is 1.04 bits per heavy atom. The van der Waals surface area contributed by atoms with Crippen LogP contribution in [0.2, 0.25) is 10.0 Å². The zero-order valence-corrected chi connectivity index (χ0v) is 15.5. The molecule has 0 aliphatic carbocycles. The van der Waals surface area contributed by atoms with Crippen LogP contribution in [0.4, 0.5) is 5.69 Å². The van der Waals surface area contributed by atoms with Crippen molar-refractivity contribution in [3.8, 4) is 0 Å². The molecule has 1 aliphatic rings. The van der Waals surface area contributed by atoms with Crippen LogP contribution in [-0.4, -0.2) is 17.4 Å². The van der Waals surface area contributed by atoms with Crippen molar-refractivity contribution in [3.05, 3.63) is 63.1 Å². The first kappa shape index (κ1) is 17.3. The number of halogens is 2. The lowest BCUT2D eigenvalue weighted by Gasteiger charge is -2.31. The molecule has 0 radical (unpaired) electrons. The summed E-state index contributed by atoms with van der Waals surface area (Å²) in [6.07, 6.45) is 0. The molecule has 0 spiro atoms. The summed E-state index contributed by atoms with van der Waals surface area (Å²) >= 11 is 13.1. The fraction of sp³-hybridized carbons (Fsp3) is 0.222. The molecule has 2 aromatic carbocycles. The summed E-state index contributed by atoms with van der Waals surface area (Å²) < 4.78 is 1.70. The highest BCUT2D eigenvalue weighted by molar-refractivity contribution is 8.15. The summed E-state index contributed by atoms with van der Waals surface area (Å²) in [5.41, 5.74) is 3.22. The van der Waals surface area contributed by atoms with Gasteiger partial charge in [-0.1, -0.05) is 29.3 Å². The first-order valence-electron chi connectivity index (χ1n) is 7.41. The topological polar surface area (TPSA) is 37.4 Å². The van der Waals surface area contributed by atoms with Gasteiger partial charge in [-0.15, -0.1) is 0 Å². The van der Waals surface area contributed by atoms with E-state index in [1.165, 1.54) is 0 Å². The largest absolute Gasteiger partial charge is 0.302 e. The second kappa shape index (κ2) is 6.79. The minimum Gasteiger partial charge on any atom is -0.302 e. The van der Waals surface area contributed by atoms with Crippen molar-refractivity contribution in [3.63, 3.8) is 0 Å². The Morgan fingerprint density at radius 2 is 1.71 bits per heavy atom. The van der Waals surface area contributed by atoms with Gasteiger partial charge < -0.3 is 4.31 Å². The van der Waals surface area contributed by atoms with Crippen LogP contribution >= 0.6 is 35.1 Å². The maximum Gasteiger partial charge on any atom is 0.224 e. The van der Waals surface area contributed by atoms with Crippen LogP contribution < -0.4 is 4.31 Å². The molecule has 1 atom stereocenters. The molecular weight excluding hydrogens is 365 g/mol. The molecule has 3 nitrogen and oxygen atoms in total. The quantitative estimate of drug-likeness (QED) is 0.545. The molecule has 1 fully saturated rings. The molecule has 1 heterocycles. The van der Waals surface area contributed by atoms with E-state index < -0.39 is 5.92 Å². The summed E-state index contributed by atoms with van der Waals surface area (Å²) in [4.78, 5) is 25.4. The van der Waals surface area contributed by atoms with E-state index in [-0.39, 0.29) is 17.4 Å². The average molecular weight is 380 g/mol. The predicted molar refractivity (Wildman–Crippen MR) is 100 cm³/mol. The van der Waals surface area contributed by atoms with Gasteiger partial charge in [0.05, 0.1) is 6.54 Å². The van der Waals surface area contributed by atoms with Gasteiger partial charge in [0.2, 0.25) is 5.12 Å². The third-order valence-corrected chi connectivity index (χ3v) is 5.76. The van der Waals surface area contributed by atoms with E-state index in [9.17, 15) is 9.59 Å². The average Bonchev–Trinajstić information content (AvgIpc) is 2.54. The van der Waals surface area contributed by atoms with Crippen molar-refractivity contribution in [2.75, 3.05) is 10.8 Å². The van der Waals surface area contributed by atoms with E-state index >= 15 is 0 Å². The molecule has 6 heteroatoms. The molecule has 0 N–H and O–H groups in total. The summed E-state index contributed by atoms with van der Waals surface area (Å²) in [6, 6.07) is 10.7. The summed E-state index contributed by atoms with van der Waals surface area (Å²) in [6.45, 7) is 3.91. The Balaban J connectivity index is 1.93. The van der Waals surface area contributed by atoms with Gasteiger partial charge in [0, 0.05) is 27.7 Å². The Bertz CT molecular complexity index is 803. The summed E-state index contributed by atoms with van der Waals surface area (Å²) in [7, 11) is 0. The van der Waals surface area contributed by atoms with E-state index in [0.29, 0.717) is 10.0 Å². The van der Waals surface area contributed by atoms with Crippen molar-refractivity contribution in [1.82, 2.24) is 0 Å². The minimum absolute atomic E-state index is 0.123. The van der Waals surface area contributed by atoms with E-state index in [4.69, 9.17) is 23.2 Å². The molecule has 1 saturated heterocycles. The molecule has 0 bridgehead atoms. The maximum absolute atomic E-state index is 12.7. The van der Waals surface area contributed by atoms with Crippen LogP contribution in [0.5, 0.6) is 0 Å². The Hall–Kier alpha value is -1.49. The van der Waals surface area contributed by atoms with Crippen LogP contribution in [0, 0.1) is 13.8 Å². The fourth-order valence-electron chi connectivity index (χ4n) is 2.87. The molecule has 0 saturated carbocycles. The number of hydrogen-bond acceptors (Lipinski definition) is 4. The number of nitrogens with zero attached hydrogens (tertiary/aromatic N) is 1. The number of rotatable bonds is 2. The van der Waals surface area contributed by atoms with Crippen molar-refractivity contribution < 1.29 is 9.59 Å². The number of hydrogen-bond donors (Lipinski definition) is 0. The highest BCUT2D eigenvalue weighted by Crippen LogP contribution is 2.38. The van der Waals surface area contributed by atoms with Gasteiger partial charge in [-0.05, 0) is 60.9 Å². The first-order valence-corrected chi connectivity index (χ1v) is 8.94. The summed E-state index contributed by atoms with van der Waals surface area (Å²) in [5.74, 6) is -0.889. The Labute approximate surface area is 155 Å². The number of anilines is 1. The molecular formula is C18H15Cl2NO2S. The van der Waals surface area contributed by atoms with Crippen molar-refractivity contribution in [1.29, 1.82) is 0 Å². The molecule has 1 aliphatic heterocycles. The Morgan fingerprint density at radius 3 is 2.33 bits per heavy atom. The standard InChI is InChI=1S/C18H15Cl2NO2S/c1-10-3-8-14(20)11(2)16(10)17-15(22)9-21(24-18(17)23)13-6-4-12(19)5-7-13/h3-8,17H,9H2,1-2H3. The van der Waals surface area contributed by atoms with Crippen molar-refractivity contribution >= 4 is 51.7 Å². The molecule has 1 unspecified atom stereocenters. The number of carbonyl (C=O) groups excluding carboxylic acids is 2. The monoisotopic (exact) mass is 379 g/mol. The zero-order valence-electron chi connectivity index (χ0n) is 13.2. The number of carbonyl (C=O) groups is 2. The van der Waals surface area contributed by atoms with Gasteiger partial charge in [0.15, 0.2) is 5.78 Å². The highest BCUT2D eigenvalue weighted by atomic mass is 35.5. The number of benzene rings is 2. The fourth-order valence-corrected chi connectivity index (χ4v) is 4.15. The lowest BCUT2D eigenvalue weighted by Crippen LogP contribution is -2.38. The highest BCUT2D eigenvalue weighted by Gasteiger charge is 2.38. The van der Waals surface area contributed by atoms with Crippen LogP contribution in [0.15, 0.2) is 36.4 Å². The van der Waals surface area contributed by atoms with Gasteiger partial charge in [-0.3, -0.25) is 9.59 Å². The first-order chi connectivity index (χ1) is 11.4. The van der Waals surface area contributed by atoms with E-state index in [1.807, 2.05) is 19.9 Å². The lowest BCUT2D eigenvalue weighted by molar-refractivity contribution is -0.124. The molecule has 124 valence electrons. The van der Waals surface area contributed by atoms with E-state index in [0.717, 1.165) is 34.3 Å². The Kier molecular flexibility index (Phi) is 4.90. The van der Waals surface area contributed by atoms with Crippen LogP contribution in [0.3, 0.4) is 0 Å². The molecule has 3 rings (SSSR count). The number of ketones is 1. The van der Waals surface area contributed by atoms with Gasteiger partial charge in [-0.2, -0.15) is 0 Å². The normalized spacial score (nSPS) is 18.2. The second-order valence-corrected chi connectivity index (χ2v) is 7.59.